The molecule has 0 radical (unpaired) electrons. The number of aromatic nitrogens is 4. The van der Waals surface area contributed by atoms with Crippen LogP contribution >= 0.6 is 0 Å². The van der Waals surface area contributed by atoms with Gasteiger partial charge >= 0.3 is 0 Å². The van der Waals surface area contributed by atoms with Crippen LogP contribution in [0.1, 0.15) is 0 Å². The summed E-state index contributed by atoms with van der Waals surface area (Å²) in [4.78, 5) is 9.77. The molecule has 5 nitrogen and oxygen atoms in total. The van der Waals surface area contributed by atoms with E-state index in [0.29, 0.717) is 0 Å². The second-order valence-corrected chi connectivity index (χ2v) is 13.1. The molecule has 0 saturated carbocycles. The molecule has 5 aromatic heterocycles. The van der Waals surface area contributed by atoms with Gasteiger partial charge in [0.2, 0.25) is 0 Å². The minimum atomic E-state index is 0.742. The van der Waals surface area contributed by atoms with Crippen LogP contribution in [0.25, 0.3) is 99.4 Å². The largest absolute Gasteiger partial charge is 0.453 e. The van der Waals surface area contributed by atoms with Crippen LogP contribution in [-0.2, 0) is 0 Å². The summed E-state index contributed by atoms with van der Waals surface area (Å²) in [5.41, 5.74) is 12.3. The van der Waals surface area contributed by atoms with E-state index in [9.17, 15) is 0 Å². The van der Waals surface area contributed by atoms with E-state index in [1.54, 1.807) is 0 Å². The van der Waals surface area contributed by atoms with E-state index in [0.717, 1.165) is 66.9 Å². The van der Waals surface area contributed by atoms with Crippen molar-refractivity contribution >= 4 is 65.6 Å². The zero-order chi connectivity index (χ0) is 33.5. The second kappa shape index (κ2) is 10.8. The fraction of sp³-hybridized carbons (Fsp3) is 0. The molecule has 238 valence electrons. The molecule has 11 rings (SSSR count). The molecule has 0 aliphatic rings. The standard InChI is InChI=1S/C46H28N4O/c1-3-11-31(12-4-1)49-41-17-9-7-15-33(41)35-21-19-29(23-43(35)49)39-25-37-38-26-40(48-28-46(38)51-45(37)27-47-39)30-20-22-36-34-16-8-10-18-42(34)50(44(36)24-30)32-13-5-2-6-14-32/h1-28H. The highest BCUT2D eigenvalue weighted by Gasteiger charge is 2.17. The molecule has 5 heterocycles. The van der Waals surface area contributed by atoms with Crippen molar-refractivity contribution in [3.05, 3.63) is 170 Å². The van der Waals surface area contributed by atoms with Crippen molar-refractivity contribution in [1.82, 2.24) is 19.1 Å². The number of benzene rings is 6. The van der Waals surface area contributed by atoms with E-state index in [2.05, 4.69) is 167 Å². The molecule has 0 aliphatic heterocycles. The van der Waals surface area contributed by atoms with E-state index < -0.39 is 0 Å². The summed E-state index contributed by atoms with van der Waals surface area (Å²) in [7, 11) is 0. The predicted octanol–water partition coefficient (Wildman–Crippen LogP) is 11.9. The van der Waals surface area contributed by atoms with E-state index >= 15 is 0 Å². The number of fused-ring (bicyclic) bond motifs is 9. The van der Waals surface area contributed by atoms with Crippen LogP contribution in [0.5, 0.6) is 0 Å². The molecule has 0 bridgehead atoms. The van der Waals surface area contributed by atoms with E-state index in [4.69, 9.17) is 14.4 Å². The van der Waals surface area contributed by atoms with Crippen LogP contribution in [0, 0.1) is 0 Å². The quantitative estimate of drug-likeness (QED) is 0.190. The molecule has 51 heavy (non-hydrogen) atoms. The fourth-order valence-electron chi connectivity index (χ4n) is 7.87. The van der Waals surface area contributed by atoms with E-state index in [1.165, 1.54) is 32.6 Å². The topological polar surface area (TPSA) is 48.8 Å². The molecular weight excluding hydrogens is 625 g/mol. The lowest BCUT2D eigenvalue weighted by molar-refractivity contribution is 0.665. The Morgan fingerprint density at radius 1 is 0.353 bits per heavy atom. The maximum Gasteiger partial charge on any atom is 0.153 e. The molecule has 5 heteroatoms. The third-order valence-electron chi connectivity index (χ3n) is 10.2. The predicted molar refractivity (Wildman–Crippen MR) is 209 cm³/mol. The molecule has 0 unspecified atom stereocenters. The second-order valence-electron chi connectivity index (χ2n) is 13.1. The Morgan fingerprint density at radius 2 is 0.765 bits per heavy atom. The normalized spacial score (nSPS) is 11.9. The first-order valence-corrected chi connectivity index (χ1v) is 17.1. The molecule has 0 spiro atoms. The van der Waals surface area contributed by atoms with Crippen LogP contribution in [0.15, 0.2) is 175 Å². The smallest absolute Gasteiger partial charge is 0.153 e. The van der Waals surface area contributed by atoms with Gasteiger partial charge in [-0.15, -0.1) is 0 Å². The summed E-state index contributed by atoms with van der Waals surface area (Å²) >= 11 is 0. The molecule has 0 N–H and O–H groups in total. The number of nitrogens with zero attached hydrogens (tertiary/aromatic N) is 4. The Hall–Kier alpha value is -6.98. The Bertz CT molecular complexity index is 2920. The summed E-state index contributed by atoms with van der Waals surface area (Å²) in [6.45, 7) is 0. The van der Waals surface area contributed by atoms with Crippen molar-refractivity contribution in [2.45, 2.75) is 0 Å². The van der Waals surface area contributed by atoms with Gasteiger partial charge in [0.25, 0.3) is 0 Å². The molecule has 0 aliphatic carbocycles. The van der Waals surface area contributed by atoms with Gasteiger partial charge in [-0.25, -0.2) is 0 Å². The Morgan fingerprint density at radius 3 is 1.24 bits per heavy atom. The van der Waals surface area contributed by atoms with Crippen LogP contribution in [0.2, 0.25) is 0 Å². The first-order chi connectivity index (χ1) is 25.3. The van der Waals surface area contributed by atoms with Crippen LogP contribution in [0.3, 0.4) is 0 Å². The summed E-state index contributed by atoms with van der Waals surface area (Å²) in [5, 5.41) is 6.92. The van der Waals surface area contributed by atoms with Crippen molar-refractivity contribution in [3.8, 4) is 33.9 Å². The Balaban J connectivity index is 1.07. The van der Waals surface area contributed by atoms with Crippen molar-refractivity contribution in [1.29, 1.82) is 0 Å². The number of rotatable bonds is 4. The summed E-state index contributed by atoms with van der Waals surface area (Å²) in [6.07, 6.45) is 3.68. The SMILES string of the molecule is c1ccc(-n2c3ccccc3c3ccc(-c4cc5c(cn4)oc4cnc(-c6ccc7c8ccccc8n(-c8ccccc8)c7c6)cc45)cc32)cc1. The molecule has 0 atom stereocenters. The zero-order valence-electron chi connectivity index (χ0n) is 27.4. The van der Waals surface area contributed by atoms with Crippen molar-refractivity contribution in [2.75, 3.05) is 0 Å². The van der Waals surface area contributed by atoms with Gasteiger partial charge in [-0.05, 0) is 60.7 Å². The average molecular weight is 653 g/mol. The zero-order valence-corrected chi connectivity index (χ0v) is 27.4. The van der Waals surface area contributed by atoms with Crippen molar-refractivity contribution in [3.63, 3.8) is 0 Å². The van der Waals surface area contributed by atoms with Gasteiger partial charge in [0, 0.05) is 54.8 Å². The summed E-state index contributed by atoms with van der Waals surface area (Å²) in [5.74, 6) is 0. The first kappa shape index (κ1) is 27.9. The lowest BCUT2D eigenvalue weighted by atomic mass is 10.0. The maximum absolute atomic E-state index is 6.28. The lowest BCUT2D eigenvalue weighted by Crippen LogP contribution is -1.93. The number of para-hydroxylation sites is 4. The lowest BCUT2D eigenvalue weighted by Gasteiger charge is -2.09. The van der Waals surface area contributed by atoms with Gasteiger partial charge in [0.15, 0.2) is 11.2 Å². The van der Waals surface area contributed by atoms with Crippen molar-refractivity contribution < 1.29 is 4.42 Å². The van der Waals surface area contributed by atoms with Crippen LogP contribution < -0.4 is 0 Å². The third-order valence-corrected chi connectivity index (χ3v) is 10.2. The van der Waals surface area contributed by atoms with Gasteiger partial charge in [-0.3, -0.25) is 9.97 Å². The van der Waals surface area contributed by atoms with Crippen LogP contribution in [-0.4, -0.2) is 19.1 Å². The molecule has 0 amide bonds. The van der Waals surface area contributed by atoms with E-state index in [-0.39, 0.29) is 0 Å². The number of hydrogen-bond donors (Lipinski definition) is 0. The number of pyridine rings is 2. The highest BCUT2D eigenvalue weighted by molar-refractivity contribution is 6.12. The van der Waals surface area contributed by atoms with Gasteiger partial charge < -0.3 is 13.6 Å². The molecule has 11 aromatic rings. The Labute approximate surface area is 292 Å². The maximum atomic E-state index is 6.28. The number of furan rings is 1. The minimum Gasteiger partial charge on any atom is -0.453 e. The Kier molecular flexibility index (Phi) is 5.89. The minimum absolute atomic E-state index is 0.742. The monoisotopic (exact) mass is 652 g/mol. The van der Waals surface area contributed by atoms with Gasteiger partial charge in [0.1, 0.15) is 0 Å². The van der Waals surface area contributed by atoms with Crippen LogP contribution in [0.4, 0.5) is 0 Å². The summed E-state index contributed by atoms with van der Waals surface area (Å²) < 4.78 is 11.0. The van der Waals surface area contributed by atoms with Gasteiger partial charge in [-0.1, -0.05) is 97.1 Å². The first-order valence-electron chi connectivity index (χ1n) is 17.1. The summed E-state index contributed by atoms with van der Waals surface area (Å²) in [6, 6.07) is 55.9. The molecule has 0 fully saturated rings. The highest BCUT2D eigenvalue weighted by atomic mass is 16.3. The molecule has 6 aromatic carbocycles. The third kappa shape index (κ3) is 4.22. The molecule has 0 saturated heterocycles. The molecular formula is C46H28N4O. The fourth-order valence-corrected chi connectivity index (χ4v) is 7.87. The highest BCUT2D eigenvalue weighted by Crippen LogP contribution is 2.38. The van der Waals surface area contributed by atoms with Gasteiger partial charge in [0.05, 0.1) is 45.8 Å². The average Bonchev–Trinajstić information content (AvgIpc) is 3.85. The van der Waals surface area contributed by atoms with Gasteiger partial charge in [-0.2, -0.15) is 0 Å². The van der Waals surface area contributed by atoms with E-state index in [1.807, 2.05) is 12.4 Å². The van der Waals surface area contributed by atoms with Crippen molar-refractivity contribution in [2.24, 2.45) is 0 Å². The number of hydrogen-bond acceptors (Lipinski definition) is 3.